The molecular formula is C86H79BN4. The monoisotopic (exact) mass is 1180 g/mol. The van der Waals surface area contributed by atoms with Gasteiger partial charge in [0.25, 0.3) is 6.71 Å². The number of hydrogen-bond acceptors (Lipinski definition) is 2. The van der Waals surface area contributed by atoms with Crippen LogP contribution in [-0.4, -0.2) is 15.8 Å². The Kier molecular flexibility index (Phi) is 10.3. The minimum atomic E-state index is -0.0487. The van der Waals surface area contributed by atoms with Crippen molar-refractivity contribution >= 4 is 112 Å². The summed E-state index contributed by atoms with van der Waals surface area (Å²) >= 11 is 0. The first-order valence-corrected chi connectivity index (χ1v) is 35.0. The standard InChI is InChI=1S/C86H79BN4/c1-83(2,3)57-19-25-62(26-20-57)88-69-30-23-59(84(4,5)6)40-67(69)87-68-41-60(86-47-53-37-54(48-86)39-55(38-53)49-86)24-31-70(68)89(63-27-21-58(22-28-63)85-44-50-34-51(45-85)36-52(35-50)46-85)76-43-64(42-75(88)82(76)87)91-72-29-18-56-12-10-15-65-66-16-11-17-71-78(66)80-73(90(71)61-13-8-7-9-14-61)32-33-74(91)81(80)79(72)77(56)65/h7-33,40-43,50-55H,34-39,44-49H2,1-6H3. The van der Waals surface area contributed by atoms with Crippen LogP contribution >= 0.6 is 0 Å². The molecule has 446 valence electrons. The first kappa shape index (κ1) is 52.4. The quantitative estimate of drug-likeness (QED) is 0.154. The van der Waals surface area contributed by atoms with E-state index in [9.17, 15) is 0 Å². The second-order valence-corrected chi connectivity index (χ2v) is 33.0. The highest BCUT2D eigenvalue weighted by Crippen LogP contribution is 2.63. The van der Waals surface area contributed by atoms with E-state index < -0.39 is 0 Å². The second-order valence-electron chi connectivity index (χ2n) is 33.0. The Labute approximate surface area is 536 Å². The molecule has 91 heavy (non-hydrogen) atoms. The molecule has 0 N–H and O–H groups in total. The summed E-state index contributed by atoms with van der Waals surface area (Å²) in [7, 11) is 0. The van der Waals surface area contributed by atoms with Gasteiger partial charge in [0.15, 0.2) is 0 Å². The van der Waals surface area contributed by atoms with E-state index in [2.05, 4.69) is 249 Å². The van der Waals surface area contributed by atoms with Crippen LogP contribution in [0.1, 0.15) is 141 Å². The lowest BCUT2D eigenvalue weighted by Crippen LogP contribution is -2.62. The van der Waals surface area contributed by atoms with Gasteiger partial charge >= 0.3 is 0 Å². The van der Waals surface area contributed by atoms with Crippen LogP contribution in [0.4, 0.5) is 34.1 Å². The molecule has 23 rings (SSSR count). The topological polar surface area (TPSA) is 16.3 Å². The fourth-order valence-electron chi connectivity index (χ4n) is 22.6. The van der Waals surface area contributed by atoms with Gasteiger partial charge in [-0.1, -0.05) is 145 Å². The molecule has 0 atom stereocenters. The zero-order valence-corrected chi connectivity index (χ0v) is 53.7. The summed E-state index contributed by atoms with van der Waals surface area (Å²) < 4.78 is 5.21. The van der Waals surface area contributed by atoms with Crippen molar-refractivity contribution in [1.82, 2.24) is 9.13 Å². The van der Waals surface area contributed by atoms with Gasteiger partial charge in [-0.05, 0) is 280 Å². The van der Waals surface area contributed by atoms with E-state index in [-0.39, 0.29) is 23.0 Å². The molecule has 0 spiro atoms. The van der Waals surface area contributed by atoms with Gasteiger partial charge in [-0.15, -0.1) is 0 Å². The Morgan fingerprint density at radius 3 is 1.37 bits per heavy atom. The number of rotatable bonds is 6. The van der Waals surface area contributed by atoms with Gasteiger partial charge in [0.1, 0.15) is 0 Å². The van der Waals surface area contributed by atoms with E-state index in [4.69, 9.17) is 0 Å². The van der Waals surface area contributed by atoms with Crippen LogP contribution in [0.2, 0.25) is 0 Å². The summed E-state index contributed by atoms with van der Waals surface area (Å²) in [6, 6.07) is 75.9. The summed E-state index contributed by atoms with van der Waals surface area (Å²) in [6.07, 6.45) is 16.9. The first-order valence-electron chi connectivity index (χ1n) is 35.0. The Hall–Kier alpha value is -8.28. The highest BCUT2D eigenvalue weighted by atomic mass is 15.2. The molecule has 9 aliphatic carbocycles. The number of aromatic nitrogens is 2. The van der Waals surface area contributed by atoms with Gasteiger partial charge in [-0.25, -0.2) is 0 Å². The van der Waals surface area contributed by atoms with E-state index >= 15 is 0 Å². The molecule has 5 heteroatoms. The third-order valence-electron chi connectivity index (χ3n) is 25.6. The Bertz CT molecular complexity index is 5090. The molecule has 10 aromatic carbocycles. The van der Waals surface area contributed by atoms with Crippen LogP contribution in [0.15, 0.2) is 188 Å². The molecule has 0 unspecified atom stereocenters. The van der Waals surface area contributed by atoms with E-state index in [1.165, 1.54) is 216 Å². The fourth-order valence-corrected chi connectivity index (χ4v) is 22.6. The van der Waals surface area contributed by atoms with Crippen molar-refractivity contribution in [3.05, 3.63) is 210 Å². The third-order valence-corrected chi connectivity index (χ3v) is 25.6. The predicted octanol–water partition coefficient (Wildman–Crippen LogP) is 20.6. The van der Waals surface area contributed by atoms with Crippen LogP contribution in [0.5, 0.6) is 0 Å². The number of anilines is 6. The SMILES string of the molecule is CC(C)(C)c1ccc(N2c3ccc(C(C)(C)C)cc3B3c4cc(C56CC7CC(CC(C7)C5)C6)ccc4N(c4ccc(C56CC7CC(CC(C7)C5)C6)cc4)c4cc(-n5c6ccc7cccc8c7c6c6c7c9c-8cccc9n(-c8ccccc8)c7ccc65)cc2c43)cc1. The van der Waals surface area contributed by atoms with E-state index in [0.717, 1.165) is 35.5 Å². The molecule has 8 bridgehead atoms. The Morgan fingerprint density at radius 2 is 0.791 bits per heavy atom. The summed E-state index contributed by atoms with van der Waals surface area (Å²) in [5, 5.41) is 7.99. The van der Waals surface area contributed by atoms with Crippen LogP contribution in [0.3, 0.4) is 0 Å². The molecule has 4 nitrogen and oxygen atoms in total. The zero-order chi connectivity index (χ0) is 60.3. The average molecular weight is 1180 g/mol. The number of hydrogen-bond donors (Lipinski definition) is 0. The molecule has 8 fully saturated rings. The van der Waals surface area contributed by atoms with Crippen molar-refractivity contribution in [2.45, 2.75) is 140 Å². The second kappa shape index (κ2) is 17.9. The average Bonchev–Trinajstić information content (AvgIpc) is 1.68. The van der Waals surface area contributed by atoms with Gasteiger partial charge in [0.2, 0.25) is 0 Å². The number of nitrogens with zero attached hydrogens (tertiary/aromatic N) is 4. The maximum atomic E-state index is 2.81. The van der Waals surface area contributed by atoms with Gasteiger partial charge < -0.3 is 18.9 Å². The predicted molar refractivity (Wildman–Crippen MR) is 383 cm³/mol. The lowest BCUT2D eigenvalue weighted by atomic mass is 9.33. The van der Waals surface area contributed by atoms with Crippen LogP contribution in [0, 0.1) is 35.5 Å². The lowest BCUT2D eigenvalue weighted by Gasteiger charge is -2.57. The van der Waals surface area contributed by atoms with Crippen LogP contribution in [0.25, 0.3) is 76.9 Å². The maximum absolute atomic E-state index is 2.81. The summed E-state index contributed by atoms with van der Waals surface area (Å²) in [5.41, 5.74) is 28.4. The summed E-state index contributed by atoms with van der Waals surface area (Å²) in [4.78, 5) is 5.46. The van der Waals surface area contributed by atoms with E-state index in [1.807, 2.05) is 0 Å². The molecule has 2 aliphatic heterocycles. The fraction of sp³-hybridized carbons (Fsp3) is 0.326. The van der Waals surface area contributed by atoms with Gasteiger partial charge in [-0.3, -0.25) is 0 Å². The number of fused-ring (bicyclic) bond motifs is 5. The molecule has 0 radical (unpaired) electrons. The van der Waals surface area contributed by atoms with Gasteiger partial charge in [0.05, 0.1) is 27.8 Å². The van der Waals surface area contributed by atoms with Crippen LogP contribution in [-0.2, 0) is 21.7 Å². The van der Waals surface area contributed by atoms with Crippen molar-refractivity contribution in [1.29, 1.82) is 0 Å². The molecule has 0 amide bonds. The molecular weight excluding hydrogens is 1100 g/mol. The number of benzene rings is 10. The minimum absolute atomic E-state index is 0.00488. The normalized spacial score (nSPS) is 25.4. The minimum Gasteiger partial charge on any atom is -0.311 e. The van der Waals surface area contributed by atoms with Crippen molar-refractivity contribution < 1.29 is 0 Å². The van der Waals surface area contributed by atoms with Crippen LogP contribution < -0.4 is 26.2 Å². The van der Waals surface area contributed by atoms with E-state index in [0.29, 0.717) is 5.41 Å². The maximum Gasteiger partial charge on any atom is 0.252 e. The first-order chi connectivity index (χ1) is 44.2. The molecule has 4 heterocycles. The van der Waals surface area contributed by atoms with Crippen molar-refractivity contribution in [2.24, 2.45) is 35.5 Å². The van der Waals surface area contributed by atoms with Crippen molar-refractivity contribution in [3.63, 3.8) is 0 Å². The highest BCUT2D eigenvalue weighted by Gasteiger charge is 2.54. The molecule has 11 aliphatic rings. The largest absolute Gasteiger partial charge is 0.311 e. The molecule has 0 saturated heterocycles. The smallest absolute Gasteiger partial charge is 0.252 e. The van der Waals surface area contributed by atoms with Crippen molar-refractivity contribution in [2.75, 3.05) is 9.80 Å². The summed E-state index contributed by atoms with van der Waals surface area (Å²) in [5.74, 6) is 5.26. The Morgan fingerprint density at radius 1 is 0.341 bits per heavy atom. The lowest BCUT2D eigenvalue weighted by molar-refractivity contribution is -0.00528. The summed E-state index contributed by atoms with van der Waals surface area (Å²) in [6.45, 7) is 14.3. The highest BCUT2D eigenvalue weighted by molar-refractivity contribution is 7.00. The Balaban J connectivity index is 0.874. The number of para-hydroxylation sites is 1. The zero-order valence-electron chi connectivity index (χ0n) is 53.7. The molecule has 8 saturated carbocycles. The van der Waals surface area contributed by atoms with Crippen molar-refractivity contribution in [3.8, 4) is 22.5 Å². The van der Waals surface area contributed by atoms with Gasteiger partial charge in [-0.2, -0.15) is 0 Å². The van der Waals surface area contributed by atoms with Gasteiger partial charge in [0, 0.05) is 61.4 Å². The van der Waals surface area contributed by atoms with E-state index in [1.54, 1.807) is 11.1 Å². The third kappa shape index (κ3) is 7.14. The molecule has 12 aromatic rings. The molecule has 2 aromatic heterocycles.